The molecule has 0 aliphatic carbocycles. The summed E-state index contributed by atoms with van der Waals surface area (Å²) in [5.74, 6) is 1.12. The molecule has 3 aromatic heterocycles. The smallest absolute Gasteiger partial charge is 0.408 e. The Morgan fingerprint density at radius 2 is 1.36 bits per heavy atom. The first-order valence-corrected chi connectivity index (χ1v) is 18.3. The molecule has 7 aromatic rings. The Morgan fingerprint density at radius 1 is 0.736 bits per heavy atom. The molecule has 4 aromatic carbocycles. The fourth-order valence-corrected chi connectivity index (χ4v) is 7.02. The number of fused-ring (bicyclic) bond motifs is 3. The van der Waals surface area contributed by atoms with E-state index in [-0.39, 0.29) is 5.91 Å². The van der Waals surface area contributed by atoms with Gasteiger partial charge in [-0.3, -0.25) is 4.79 Å². The van der Waals surface area contributed by atoms with Crippen LogP contribution in [0.15, 0.2) is 103 Å². The zero-order valence-electron chi connectivity index (χ0n) is 31.0. The molecule has 0 aliphatic rings. The lowest BCUT2D eigenvalue weighted by molar-refractivity contribution is -0.127. The Morgan fingerprint density at radius 3 is 2.08 bits per heavy atom. The molecule has 272 valence electrons. The van der Waals surface area contributed by atoms with Crippen LogP contribution in [0.5, 0.6) is 0 Å². The van der Waals surface area contributed by atoms with Crippen molar-refractivity contribution in [3.63, 3.8) is 0 Å². The lowest BCUT2D eigenvalue weighted by Crippen LogP contribution is -2.56. The lowest BCUT2D eigenvalue weighted by atomic mass is 10.00. The van der Waals surface area contributed by atoms with Crippen molar-refractivity contribution in [1.82, 2.24) is 35.4 Å². The van der Waals surface area contributed by atoms with Gasteiger partial charge in [-0.1, -0.05) is 78.9 Å². The fraction of sp³-hybridized carbons (Fsp3) is 0.302. The van der Waals surface area contributed by atoms with Crippen molar-refractivity contribution in [3.05, 3.63) is 132 Å². The van der Waals surface area contributed by atoms with Gasteiger partial charge < -0.3 is 29.9 Å². The number of H-pyrrole nitrogens is 2. The second kappa shape index (κ2) is 14.6. The third-order valence-electron chi connectivity index (χ3n) is 9.68. The maximum absolute atomic E-state index is 14.2. The average Bonchev–Trinajstić information content (AvgIpc) is 3.84. The maximum atomic E-state index is 14.2. The van der Waals surface area contributed by atoms with Crippen molar-refractivity contribution in [2.24, 2.45) is 0 Å². The van der Waals surface area contributed by atoms with Crippen LogP contribution in [0.25, 0.3) is 32.6 Å². The first kappa shape index (κ1) is 35.5. The number of carbonyl (C=O) groups is 2. The van der Waals surface area contributed by atoms with Gasteiger partial charge in [0.25, 0.3) is 0 Å². The van der Waals surface area contributed by atoms with Gasteiger partial charge in [0.2, 0.25) is 5.91 Å². The van der Waals surface area contributed by atoms with Gasteiger partial charge in [-0.15, -0.1) is 10.2 Å². The Kier molecular flexibility index (Phi) is 9.79. The molecule has 0 saturated carbocycles. The number of nitrogens with zero attached hydrogens (tertiary/aromatic N) is 3. The van der Waals surface area contributed by atoms with Gasteiger partial charge >= 0.3 is 6.09 Å². The quantitative estimate of drug-likeness (QED) is 0.101. The molecule has 0 spiro atoms. The Balaban J connectivity index is 1.25. The highest BCUT2D eigenvalue weighted by molar-refractivity contribution is 5.90. The summed E-state index contributed by atoms with van der Waals surface area (Å²) in [6, 6.07) is 30.6. The number of hydrogen-bond donors (Lipinski definition) is 4. The van der Waals surface area contributed by atoms with Crippen molar-refractivity contribution in [3.8, 4) is 0 Å². The second-order valence-electron chi connectivity index (χ2n) is 15.3. The van der Waals surface area contributed by atoms with Crippen LogP contribution in [0.3, 0.4) is 0 Å². The van der Waals surface area contributed by atoms with E-state index in [4.69, 9.17) is 14.9 Å². The third-order valence-corrected chi connectivity index (χ3v) is 9.68. The van der Waals surface area contributed by atoms with Gasteiger partial charge in [-0.05, 0) is 87.1 Å². The third kappa shape index (κ3) is 7.96. The van der Waals surface area contributed by atoms with Gasteiger partial charge in [0, 0.05) is 47.0 Å². The summed E-state index contributed by atoms with van der Waals surface area (Å²) in [4.78, 5) is 33.7. The minimum absolute atomic E-state index is 0.367. The summed E-state index contributed by atoms with van der Waals surface area (Å²) in [6.45, 7) is 9.23. The molecule has 0 unspecified atom stereocenters. The van der Waals surface area contributed by atoms with Crippen molar-refractivity contribution < 1.29 is 14.3 Å². The van der Waals surface area contributed by atoms with Gasteiger partial charge in [0.15, 0.2) is 5.82 Å². The molecule has 7 rings (SSSR count). The summed E-state index contributed by atoms with van der Waals surface area (Å²) < 4.78 is 7.67. The minimum atomic E-state index is -1.29. The van der Waals surface area contributed by atoms with E-state index < -0.39 is 23.3 Å². The van der Waals surface area contributed by atoms with Crippen LogP contribution in [0.1, 0.15) is 75.4 Å². The van der Waals surface area contributed by atoms with E-state index in [9.17, 15) is 9.59 Å². The molecule has 53 heavy (non-hydrogen) atoms. The van der Waals surface area contributed by atoms with E-state index in [0.717, 1.165) is 57.0 Å². The molecule has 0 fully saturated rings. The molecule has 0 bridgehead atoms. The standard InChI is InChI=1S/C43H47N7O3/c1-42(2,3)53-41(52)47-43(4,5)40(51)46-37(24-31-26-45-36-22-11-9-20-34(31)36)39-49-48-38(23-13-16-29-25-44-35-21-10-8-19-33(29)35)50(39)27-30-17-12-15-28-14-6-7-18-32(28)30/h6-12,14-15,17-22,25-26,37,44-45H,13,16,23-24,27H2,1-5H3,(H,46,51)(H,47,52)/t37-/m1/s1. The van der Waals surface area contributed by atoms with Crippen LogP contribution >= 0.6 is 0 Å². The Bertz CT molecular complexity index is 2390. The number of amides is 2. The van der Waals surface area contributed by atoms with Gasteiger partial charge in [-0.2, -0.15) is 0 Å². The fourth-order valence-electron chi connectivity index (χ4n) is 7.02. The number of aromatic amines is 2. The van der Waals surface area contributed by atoms with Crippen molar-refractivity contribution in [2.75, 3.05) is 0 Å². The van der Waals surface area contributed by atoms with Crippen LogP contribution in [0, 0.1) is 0 Å². The first-order chi connectivity index (χ1) is 25.4. The van der Waals surface area contributed by atoms with Crippen molar-refractivity contribution in [2.45, 2.75) is 84.0 Å². The summed E-state index contributed by atoms with van der Waals surface area (Å²) in [7, 11) is 0. The summed E-state index contributed by atoms with van der Waals surface area (Å²) in [5.41, 5.74) is 3.57. The highest BCUT2D eigenvalue weighted by Crippen LogP contribution is 2.28. The number of carbonyl (C=O) groups excluding carboxylic acids is 2. The second-order valence-corrected chi connectivity index (χ2v) is 15.3. The number of aryl methyl sites for hydroxylation is 2. The first-order valence-electron chi connectivity index (χ1n) is 18.3. The highest BCUT2D eigenvalue weighted by atomic mass is 16.6. The zero-order chi connectivity index (χ0) is 37.2. The van der Waals surface area contributed by atoms with Crippen LogP contribution in [0.4, 0.5) is 4.79 Å². The highest BCUT2D eigenvalue weighted by Gasteiger charge is 2.35. The monoisotopic (exact) mass is 709 g/mol. The zero-order valence-corrected chi connectivity index (χ0v) is 31.0. The van der Waals surface area contributed by atoms with Crippen LogP contribution < -0.4 is 10.6 Å². The molecular formula is C43H47N7O3. The van der Waals surface area contributed by atoms with E-state index in [1.165, 1.54) is 10.9 Å². The minimum Gasteiger partial charge on any atom is -0.444 e. The molecule has 0 radical (unpaired) electrons. The van der Waals surface area contributed by atoms with Gasteiger partial charge in [-0.25, -0.2) is 4.79 Å². The predicted molar refractivity (Wildman–Crippen MR) is 210 cm³/mol. The molecule has 1 atom stereocenters. The molecule has 10 nitrogen and oxygen atoms in total. The maximum Gasteiger partial charge on any atom is 0.408 e. The van der Waals surface area contributed by atoms with Crippen LogP contribution in [-0.2, 0) is 35.3 Å². The predicted octanol–water partition coefficient (Wildman–Crippen LogP) is 8.32. The van der Waals surface area contributed by atoms with E-state index in [2.05, 4.69) is 92.0 Å². The average molecular weight is 710 g/mol. The molecule has 3 heterocycles. The molecule has 0 aliphatic heterocycles. The summed E-state index contributed by atoms with van der Waals surface area (Å²) in [6.07, 6.45) is 6.29. The number of nitrogens with one attached hydrogen (secondary N) is 4. The number of benzene rings is 4. The lowest BCUT2D eigenvalue weighted by Gasteiger charge is -2.30. The molecule has 4 N–H and O–H groups in total. The van der Waals surface area contributed by atoms with Crippen molar-refractivity contribution in [1.29, 1.82) is 0 Å². The normalized spacial score (nSPS) is 12.7. The van der Waals surface area contributed by atoms with Crippen molar-refractivity contribution >= 4 is 44.6 Å². The van der Waals surface area contributed by atoms with E-state index >= 15 is 0 Å². The number of hydrogen-bond acceptors (Lipinski definition) is 5. The van der Waals surface area contributed by atoms with Crippen LogP contribution in [-0.4, -0.2) is 47.9 Å². The van der Waals surface area contributed by atoms with E-state index in [0.29, 0.717) is 25.2 Å². The summed E-state index contributed by atoms with van der Waals surface area (Å²) >= 11 is 0. The molecule has 10 heteroatoms. The van der Waals surface area contributed by atoms with E-state index in [1.807, 2.05) is 36.5 Å². The SMILES string of the molecule is CC(C)(C)OC(=O)NC(C)(C)C(=O)N[C@H](Cc1c[nH]c2ccccc12)c1nnc(CCCc2c[nH]c3ccccc23)n1Cc1cccc2ccccc12. The topological polar surface area (TPSA) is 130 Å². The molecule has 0 saturated heterocycles. The summed E-state index contributed by atoms with van der Waals surface area (Å²) in [5, 5.41) is 20.3. The molecule has 2 amide bonds. The number of ether oxygens (including phenoxy) is 1. The molecular weight excluding hydrogens is 663 g/mol. The number of aromatic nitrogens is 5. The number of para-hydroxylation sites is 2. The van der Waals surface area contributed by atoms with Gasteiger partial charge in [0.1, 0.15) is 17.0 Å². The number of alkyl carbamates (subject to hydrolysis) is 1. The van der Waals surface area contributed by atoms with Gasteiger partial charge in [0.05, 0.1) is 12.6 Å². The number of rotatable bonds is 12. The van der Waals surface area contributed by atoms with E-state index in [1.54, 1.807) is 34.6 Å². The Labute approximate surface area is 309 Å². The van der Waals surface area contributed by atoms with Crippen LogP contribution in [0.2, 0.25) is 0 Å². The largest absolute Gasteiger partial charge is 0.444 e. The Hall–Kier alpha value is -5.90.